The number of nitrogens with one attached hydrogen (secondary N) is 1. The lowest BCUT2D eigenvalue weighted by Gasteiger charge is -2.09. The third kappa shape index (κ3) is 3.21. The number of phenolic OH excluding ortho intramolecular Hbond substituents is 1. The van der Waals surface area contributed by atoms with Crippen molar-refractivity contribution in [2.45, 2.75) is 4.90 Å². The number of anilines is 1. The molecule has 0 aliphatic carbocycles. The van der Waals surface area contributed by atoms with Gasteiger partial charge in [0.15, 0.2) is 0 Å². The van der Waals surface area contributed by atoms with Crippen LogP contribution < -0.4 is 5.32 Å². The van der Waals surface area contributed by atoms with Crippen LogP contribution in [-0.2, 0) is 10.2 Å². The van der Waals surface area contributed by atoms with Gasteiger partial charge in [0.2, 0.25) is 0 Å². The van der Waals surface area contributed by atoms with Crippen molar-refractivity contribution in [3.05, 3.63) is 66.2 Å². The highest BCUT2D eigenvalue weighted by Crippen LogP contribution is 2.27. The molecule has 1 amide bonds. The van der Waals surface area contributed by atoms with E-state index in [1.807, 2.05) is 6.07 Å². The second-order valence-electron chi connectivity index (χ2n) is 5.13. The fourth-order valence-corrected chi connectivity index (χ4v) is 2.86. The van der Waals surface area contributed by atoms with Gasteiger partial charge in [-0.1, -0.05) is 24.3 Å². The molecule has 0 radical (unpaired) electrons. The van der Waals surface area contributed by atoms with E-state index in [-0.39, 0.29) is 11.3 Å². The number of phenols is 1. The first kappa shape index (κ1) is 15.9. The summed E-state index contributed by atoms with van der Waals surface area (Å²) in [6.45, 7) is 0. The van der Waals surface area contributed by atoms with Crippen LogP contribution in [0.15, 0.2) is 65.6 Å². The Morgan fingerprint density at radius 3 is 2.50 bits per heavy atom. The second kappa shape index (κ2) is 5.93. The first-order valence-corrected chi connectivity index (χ1v) is 8.31. The first-order chi connectivity index (χ1) is 11.3. The van der Waals surface area contributed by atoms with Crippen LogP contribution >= 0.6 is 0 Å². The monoisotopic (exact) mass is 345 g/mol. The number of halogens is 1. The van der Waals surface area contributed by atoms with Crippen LogP contribution in [0.5, 0.6) is 5.75 Å². The summed E-state index contributed by atoms with van der Waals surface area (Å²) in [5, 5.41) is 13.7. The topological polar surface area (TPSA) is 83.5 Å². The van der Waals surface area contributed by atoms with Crippen LogP contribution in [0.2, 0.25) is 0 Å². The maximum atomic E-state index is 13.1. The normalized spacial score (nSPS) is 11.4. The van der Waals surface area contributed by atoms with Gasteiger partial charge in [-0.05, 0) is 41.8 Å². The van der Waals surface area contributed by atoms with E-state index in [1.54, 1.807) is 18.2 Å². The van der Waals surface area contributed by atoms with Gasteiger partial charge in [-0.25, -0.2) is 0 Å². The average molecular weight is 345 g/mol. The Bertz CT molecular complexity index is 1050. The summed E-state index contributed by atoms with van der Waals surface area (Å²) >= 11 is 0. The van der Waals surface area contributed by atoms with E-state index < -0.39 is 21.0 Å². The second-order valence-corrected chi connectivity index (χ2v) is 6.48. The van der Waals surface area contributed by atoms with Crippen LogP contribution in [0.1, 0.15) is 10.4 Å². The third-order valence-corrected chi connectivity index (χ3v) is 4.31. The molecule has 0 heterocycles. The van der Waals surface area contributed by atoms with Crippen LogP contribution in [0, 0.1) is 0 Å². The molecular weight excluding hydrogens is 333 g/mol. The molecule has 0 bridgehead atoms. The van der Waals surface area contributed by atoms with Crippen LogP contribution in [-0.4, -0.2) is 19.4 Å². The molecule has 0 saturated heterocycles. The van der Waals surface area contributed by atoms with E-state index in [1.165, 1.54) is 24.3 Å². The molecule has 122 valence electrons. The third-order valence-electron chi connectivity index (χ3n) is 3.49. The number of hydrogen-bond acceptors (Lipinski definition) is 4. The number of amides is 1. The summed E-state index contributed by atoms with van der Waals surface area (Å²) in [4.78, 5) is 11.8. The maximum absolute atomic E-state index is 13.1. The summed E-state index contributed by atoms with van der Waals surface area (Å²) in [5.41, 5.74) is 0.452. The molecular formula is C17H12FNO4S. The molecule has 3 aromatic carbocycles. The molecule has 5 nitrogen and oxygen atoms in total. The van der Waals surface area contributed by atoms with Crippen LogP contribution in [0.3, 0.4) is 0 Å². The number of rotatable bonds is 3. The minimum Gasteiger partial charge on any atom is -0.508 e. The van der Waals surface area contributed by atoms with Gasteiger partial charge >= 0.3 is 10.2 Å². The van der Waals surface area contributed by atoms with Gasteiger partial charge in [-0.3, -0.25) is 4.79 Å². The van der Waals surface area contributed by atoms with Gasteiger partial charge in [0, 0.05) is 16.6 Å². The van der Waals surface area contributed by atoms with Crippen molar-refractivity contribution in [3.63, 3.8) is 0 Å². The zero-order valence-electron chi connectivity index (χ0n) is 12.2. The van der Waals surface area contributed by atoms with Gasteiger partial charge in [-0.2, -0.15) is 8.42 Å². The summed E-state index contributed by atoms with van der Waals surface area (Å²) in [6, 6.07) is 14.7. The zero-order valence-corrected chi connectivity index (χ0v) is 13.0. The number of carbonyl (C=O) groups is 1. The Balaban J connectivity index is 1.98. The van der Waals surface area contributed by atoms with Crippen molar-refractivity contribution >= 4 is 32.6 Å². The fourth-order valence-electron chi connectivity index (χ4n) is 2.35. The van der Waals surface area contributed by atoms with E-state index in [0.717, 1.165) is 17.5 Å². The van der Waals surface area contributed by atoms with Crippen molar-refractivity contribution in [1.82, 2.24) is 0 Å². The van der Waals surface area contributed by atoms with Crippen LogP contribution in [0.4, 0.5) is 9.57 Å². The Morgan fingerprint density at radius 2 is 1.75 bits per heavy atom. The van der Waals surface area contributed by atoms with E-state index in [2.05, 4.69) is 5.32 Å². The number of aromatic hydroxyl groups is 1. The minimum atomic E-state index is -4.89. The van der Waals surface area contributed by atoms with Gasteiger partial charge in [0.05, 0.1) is 4.90 Å². The standard InChI is InChI=1S/C17H12FNO4S/c18-24(22,23)14-5-1-4-12(9-14)17(21)19-16-6-2-3-11-7-8-13(20)10-15(11)16/h1-10,20H,(H,19,21). The lowest BCUT2D eigenvalue weighted by molar-refractivity contribution is 0.102. The number of benzene rings is 3. The van der Waals surface area contributed by atoms with E-state index in [9.17, 15) is 22.2 Å². The minimum absolute atomic E-state index is 0.00545. The number of carbonyl (C=O) groups excluding carboxylic acids is 1. The highest BCUT2D eigenvalue weighted by Gasteiger charge is 2.15. The molecule has 7 heteroatoms. The first-order valence-electron chi connectivity index (χ1n) is 6.92. The van der Waals surface area contributed by atoms with Crippen LogP contribution in [0.25, 0.3) is 10.8 Å². The van der Waals surface area contributed by atoms with E-state index in [0.29, 0.717) is 11.1 Å². The van der Waals surface area contributed by atoms with Gasteiger partial charge in [0.1, 0.15) is 5.75 Å². The van der Waals surface area contributed by atoms with Crippen molar-refractivity contribution in [2.24, 2.45) is 0 Å². The molecule has 0 saturated carbocycles. The van der Waals surface area contributed by atoms with Gasteiger partial charge in [-0.15, -0.1) is 3.89 Å². The molecule has 0 atom stereocenters. The Kier molecular flexibility index (Phi) is 3.94. The highest BCUT2D eigenvalue weighted by molar-refractivity contribution is 7.86. The lowest BCUT2D eigenvalue weighted by Crippen LogP contribution is -2.12. The summed E-state index contributed by atoms with van der Waals surface area (Å²) in [5.74, 6) is -0.536. The molecule has 0 aromatic heterocycles. The number of fused-ring (bicyclic) bond motifs is 1. The quantitative estimate of drug-likeness (QED) is 0.712. The molecule has 0 aliphatic heterocycles. The Hall–Kier alpha value is -2.93. The Labute approximate surface area is 137 Å². The predicted octanol–water partition coefficient (Wildman–Crippen LogP) is 3.46. The molecule has 3 rings (SSSR count). The van der Waals surface area contributed by atoms with Gasteiger partial charge in [0.25, 0.3) is 5.91 Å². The van der Waals surface area contributed by atoms with Gasteiger partial charge < -0.3 is 10.4 Å². The lowest BCUT2D eigenvalue weighted by atomic mass is 10.1. The zero-order chi connectivity index (χ0) is 17.3. The number of hydrogen-bond donors (Lipinski definition) is 2. The smallest absolute Gasteiger partial charge is 0.332 e. The van der Waals surface area contributed by atoms with Crippen molar-refractivity contribution in [3.8, 4) is 5.75 Å². The predicted molar refractivity (Wildman–Crippen MR) is 88.3 cm³/mol. The molecule has 3 aromatic rings. The maximum Gasteiger partial charge on any atom is 0.332 e. The molecule has 2 N–H and O–H groups in total. The average Bonchev–Trinajstić information content (AvgIpc) is 2.55. The molecule has 24 heavy (non-hydrogen) atoms. The molecule has 0 aliphatic rings. The molecule has 0 spiro atoms. The van der Waals surface area contributed by atoms with E-state index >= 15 is 0 Å². The highest BCUT2D eigenvalue weighted by atomic mass is 32.3. The summed E-state index contributed by atoms with van der Waals surface area (Å²) in [6.07, 6.45) is 0. The molecule has 0 fully saturated rings. The summed E-state index contributed by atoms with van der Waals surface area (Å²) in [7, 11) is -4.89. The SMILES string of the molecule is O=C(Nc1cccc2ccc(O)cc12)c1cccc(S(=O)(=O)F)c1. The van der Waals surface area contributed by atoms with Crippen molar-refractivity contribution in [1.29, 1.82) is 0 Å². The summed E-state index contributed by atoms with van der Waals surface area (Å²) < 4.78 is 35.0. The van der Waals surface area contributed by atoms with Crippen molar-refractivity contribution < 1.29 is 22.2 Å². The largest absolute Gasteiger partial charge is 0.508 e. The van der Waals surface area contributed by atoms with E-state index in [4.69, 9.17) is 0 Å². The van der Waals surface area contributed by atoms with Crippen molar-refractivity contribution in [2.75, 3.05) is 5.32 Å². The fraction of sp³-hybridized carbons (Fsp3) is 0. The molecule has 0 unspecified atom stereocenters. The Morgan fingerprint density at radius 1 is 1.00 bits per heavy atom.